The van der Waals surface area contributed by atoms with Crippen molar-refractivity contribution in [3.8, 4) is 16.9 Å². The van der Waals surface area contributed by atoms with Gasteiger partial charge in [-0.05, 0) is 49.4 Å². The summed E-state index contributed by atoms with van der Waals surface area (Å²) in [6.45, 7) is 1.40. The number of nitrogens with zero attached hydrogens (tertiary/aromatic N) is 3. The fraction of sp³-hybridized carbons (Fsp3) is 0.417. The number of aromatic hydroxyl groups is 1. The Hall–Kier alpha value is -3.46. The third-order valence-electron chi connectivity index (χ3n) is 6.49. The third kappa shape index (κ3) is 4.41. The van der Waals surface area contributed by atoms with Gasteiger partial charge in [0.25, 0.3) is 11.8 Å². The highest BCUT2D eigenvalue weighted by molar-refractivity contribution is 5.98. The van der Waals surface area contributed by atoms with Gasteiger partial charge >= 0.3 is 0 Å². The lowest BCUT2D eigenvalue weighted by atomic mass is 10.0. The van der Waals surface area contributed by atoms with Crippen LogP contribution < -0.4 is 5.32 Å². The standard InChI is InChI=1S/C24H26N4O5/c29-20-12-16(17-11-18(14-25-13-17)26-21(30)15-1-2-15)3-4-19(20)22(31)27-7-9-28(10-8-27)23(32)24(33)5-6-24/h3-4,11-15,29,33H,1-2,5-10H2,(H,26,30). The minimum absolute atomic E-state index is 0.00849. The number of benzene rings is 1. The van der Waals surface area contributed by atoms with Crippen LogP contribution in [-0.2, 0) is 9.59 Å². The highest BCUT2D eigenvalue weighted by Crippen LogP contribution is 2.37. The number of anilines is 1. The van der Waals surface area contributed by atoms with E-state index in [0.717, 1.165) is 12.8 Å². The molecular formula is C24H26N4O5. The Bertz CT molecular complexity index is 1120. The van der Waals surface area contributed by atoms with Crippen LogP contribution in [0.15, 0.2) is 36.7 Å². The van der Waals surface area contributed by atoms with Gasteiger partial charge in [-0.3, -0.25) is 19.4 Å². The molecule has 1 aromatic heterocycles. The normalized spacial score (nSPS) is 19.2. The molecule has 172 valence electrons. The molecule has 2 saturated carbocycles. The molecule has 9 nitrogen and oxygen atoms in total. The topological polar surface area (TPSA) is 123 Å². The van der Waals surface area contributed by atoms with Crippen molar-refractivity contribution in [2.75, 3.05) is 31.5 Å². The quantitative estimate of drug-likeness (QED) is 0.636. The second-order valence-corrected chi connectivity index (χ2v) is 9.07. The minimum Gasteiger partial charge on any atom is -0.507 e. The number of carbonyl (C=O) groups excluding carboxylic acids is 3. The van der Waals surface area contributed by atoms with E-state index in [1.165, 1.54) is 6.07 Å². The number of carbonyl (C=O) groups is 3. The number of hydrogen-bond acceptors (Lipinski definition) is 6. The zero-order valence-electron chi connectivity index (χ0n) is 18.2. The Morgan fingerprint density at radius 1 is 0.970 bits per heavy atom. The fourth-order valence-corrected chi connectivity index (χ4v) is 4.06. The number of rotatable bonds is 5. The summed E-state index contributed by atoms with van der Waals surface area (Å²) in [6.07, 6.45) is 6.03. The van der Waals surface area contributed by atoms with Crippen LogP contribution in [-0.4, -0.2) is 74.5 Å². The van der Waals surface area contributed by atoms with Crippen molar-refractivity contribution in [2.24, 2.45) is 5.92 Å². The molecule has 0 radical (unpaired) electrons. The average Bonchev–Trinajstić information content (AvgIpc) is 3.75. The number of aliphatic hydroxyl groups is 1. The molecule has 0 unspecified atom stereocenters. The van der Waals surface area contributed by atoms with E-state index in [2.05, 4.69) is 10.3 Å². The first-order chi connectivity index (χ1) is 15.8. The number of nitrogens with one attached hydrogen (secondary N) is 1. The first-order valence-corrected chi connectivity index (χ1v) is 11.2. The van der Waals surface area contributed by atoms with E-state index in [1.54, 1.807) is 40.4 Å². The highest BCUT2D eigenvalue weighted by atomic mass is 16.3. The van der Waals surface area contributed by atoms with E-state index in [-0.39, 0.29) is 35.0 Å². The Morgan fingerprint density at radius 3 is 2.30 bits per heavy atom. The van der Waals surface area contributed by atoms with Gasteiger partial charge in [0.1, 0.15) is 11.4 Å². The first kappa shape index (κ1) is 21.4. The molecule has 2 heterocycles. The van der Waals surface area contributed by atoms with Crippen LogP contribution in [0.1, 0.15) is 36.0 Å². The molecule has 2 aliphatic carbocycles. The van der Waals surface area contributed by atoms with Crippen molar-refractivity contribution >= 4 is 23.4 Å². The van der Waals surface area contributed by atoms with Crippen LogP contribution >= 0.6 is 0 Å². The zero-order chi connectivity index (χ0) is 23.2. The van der Waals surface area contributed by atoms with E-state index in [0.29, 0.717) is 55.8 Å². The maximum atomic E-state index is 13.0. The molecule has 1 saturated heterocycles. The monoisotopic (exact) mass is 450 g/mol. The molecule has 5 rings (SSSR count). The SMILES string of the molecule is O=C(Nc1cncc(-c2ccc(C(=O)N3CCN(C(=O)C4(O)CC4)CC3)c(O)c2)c1)C1CC1. The summed E-state index contributed by atoms with van der Waals surface area (Å²) in [7, 11) is 0. The summed E-state index contributed by atoms with van der Waals surface area (Å²) in [6, 6.07) is 6.61. The van der Waals surface area contributed by atoms with E-state index < -0.39 is 5.60 Å². The number of amides is 3. The van der Waals surface area contributed by atoms with E-state index in [4.69, 9.17) is 0 Å². The second-order valence-electron chi connectivity index (χ2n) is 9.07. The number of aromatic nitrogens is 1. The van der Waals surface area contributed by atoms with Crippen LogP contribution in [0.3, 0.4) is 0 Å². The van der Waals surface area contributed by atoms with Crippen molar-refractivity contribution in [2.45, 2.75) is 31.3 Å². The van der Waals surface area contributed by atoms with Gasteiger partial charge in [0.05, 0.1) is 17.4 Å². The molecule has 2 aromatic rings. The molecule has 1 aliphatic heterocycles. The van der Waals surface area contributed by atoms with Gasteiger partial charge < -0.3 is 25.3 Å². The summed E-state index contributed by atoms with van der Waals surface area (Å²) < 4.78 is 0. The molecule has 33 heavy (non-hydrogen) atoms. The smallest absolute Gasteiger partial charge is 0.257 e. The van der Waals surface area contributed by atoms with Crippen molar-refractivity contribution in [3.63, 3.8) is 0 Å². The van der Waals surface area contributed by atoms with Crippen LogP contribution in [0.2, 0.25) is 0 Å². The predicted octanol–water partition coefficient (Wildman–Crippen LogP) is 1.61. The highest BCUT2D eigenvalue weighted by Gasteiger charge is 2.50. The maximum absolute atomic E-state index is 13.0. The molecular weight excluding hydrogens is 424 g/mol. The van der Waals surface area contributed by atoms with Gasteiger partial charge in [0, 0.05) is 43.9 Å². The van der Waals surface area contributed by atoms with Crippen LogP contribution in [0.5, 0.6) is 5.75 Å². The summed E-state index contributed by atoms with van der Waals surface area (Å²) >= 11 is 0. The van der Waals surface area contributed by atoms with Gasteiger partial charge in [-0.25, -0.2) is 0 Å². The first-order valence-electron chi connectivity index (χ1n) is 11.2. The largest absolute Gasteiger partial charge is 0.507 e. The fourth-order valence-electron chi connectivity index (χ4n) is 4.06. The summed E-state index contributed by atoms with van der Waals surface area (Å²) in [5, 5.41) is 23.4. The van der Waals surface area contributed by atoms with Crippen LogP contribution in [0.4, 0.5) is 5.69 Å². The van der Waals surface area contributed by atoms with Crippen molar-refractivity contribution < 1.29 is 24.6 Å². The van der Waals surface area contributed by atoms with E-state index >= 15 is 0 Å². The molecule has 0 bridgehead atoms. The molecule has 0 atom stereocenters. The molecule has 0 spiro atoms. The lowest BCUT2D eigenvalue weighted by molar-refractivity contribution is -0.143. The van der Waals surface area contributed by atoms with Crippen molar-refractivity contribution in [3.05, 3.63) is 42.2 Å². The molecule has 3 aliphatic rings. The number of phenolic OH excluding ortho intramolecular Hbond substituents is 1. The third-order valence-corrected chi connectivity index (χ3v) is 6.49. The molecule has 9 heteroatoms. The number of hydrogen-bond donors (Lipinski definition) is 3. The Morgan fingerprint density at radius 2 is 1.67 bits per heavy atom. The summed E-state index contributed by atoms with van der Waals surface area (Å²) in [5.41, 5.74) is 0.959. The Balaban J connectivity index is 1.25. The minimum atomic E-state index is -1.20. The van der Waals surface area contributed by atoms with Crippen LogP contribution in [0.25, 0.3) is 11.1 Å². The Labute approximate surface area is 191 Å². The lowest BCUT2D eigenvalue weighted by Crippen LogP contribution is -2.53. The zero-order valence-corrected chi connectivity index (χ0v) is 18.2. The van der Waals surface area contributed by atoms with Gasteiger partial charge in [-0.1, -0.05) is 6.07 Å². The van der Waals surface area contributed by atoms with Gasteiger partial charge in [-0.2, -0.15) is 0 Å². The molecule has 3 amide bonds. The van der Waals surface area contributed by atoms with E-state index in [1.807, 2.05) is 0 Å². The molecule has 1 aromatic carbocycles. The summed E-state index contributed by atoms with van der Waals surface area (Å²) in [4.78, 5) is 44.6. The number of piperazine rings is 1. The maximum Gasteiger partial charge on any atom is 0.257 e. The predicted molar refractivity (Wildman–Crippen MR) is 119 cm³/mol. The Kier molecular flexibility index (Phi) is 5.28. The molecule has 3 N–H and O–H groups in total. The lowest BCUT2D eigenvalue weighted by Gasteiger charge is -2.35. The number of phenols is 1. The van der Waals surface area contributed by atoms with Crippen LogP contribution in [0, 0.1) is 5.92 Å². The van der Waals surface area contributed by atoms with Crippen molar-refractivity contribution in [1.29, 1.82) is 0 Å². The van der Waals surface area contributed by atoms with Gasteiger partial charge in [-0.15, -0.1) is 0 Å². The van der Waals surface area contributed by atoms with Gasteiger partial charge in [0.2, 0.25) is 5.91 Å². The molecule has 3 fully saturated rings. The van der Waals surface area contributed by atoms with Gasteiger partial charge in [0.15, 0.2) is 0 Å². The van der Waals surface area contributed by atoms with E-state index in [9.17, 15) is 24.6 Å². The summed E-state index contributed by atoms with van der Waals surface area (Å²) in [5.74, 6) is -0.631. The van der Waals surface area contributed by atoms with Crippen molar-refractivity contribution in [1.82, 2.24) is 14.8 Å². The number of pyridine rings is 1. The average molecular weight is 450 g/mol. The second kappa shape index (κ2) is 8.15.